The Kier molecular flexibility index (Phi) is 5.28. The molecule has 0 saturated heterocycles. The van der Waals surface area contributed by atoms with Gasteiger partial charge in [0.15, 0.2) is 0 Å². The zero-order valence-electron chi connectivity index (χ0n) is 12.6. The molecule has 0 aliphatic heterocycles. The Morgan fingerprint density at radius 3 is 2.78 bits per heavy atom. The number of rotatable bonds is 4. The van der Waals surface area contributed by atoms with Crippen LogP contribution in [0.15, 0.2) is 29.8 Å². The summed E-state index contributed by atoms with van der Waals surface area (Å²) in [5, 5.41) is 6.03. The molecule has 1 aliphatic rings. The van der Waals surface area contributed by atoms with Gasteiger partial charge in [-0.05, 0) is 49.8 Å². The Morgan fingerprint density at radius 1 is 1.35 bits per heavy atom. The number of hydrogen-bond acceptors (Lipinski definition) is 3. The number of carbonyl (C=O) groups excluding carboxylic acids is 1. The molecule has 1 fully saturated rings. The molecule has 1 heterocycles. The summed E-state index contributed by atoms with van der Waals surface area (Å²) in [6.45, 7) is 0. The van der Waals surface area contributed by atoms with Crippen LogP contribution in [0.1, 0.15) is 43.0 Å². The maximum Gasteiger partial charge on any atom is 0.224 e. The second-order valence-corrected chi connectivity index (χ2v) is 7.30. The summed E-state index contributed by atoms with van der Waals surface area (Å²) in [5.41, 5.74) is 0.452. The Hall–Kier alpha value is -1.46. The number of nitrogens with zero attached hydrogens (tertiary/aromatic N) is 1. The maximum atomic E-state index is 13.4. The third-order valence-corrected chi connectivity index (χ3v) is 5.57. The smallest absolute Gasteiger partial charge is 0.224 e. The summed E-state index contributed by atoms with van der Waals surface area (Å²) in [6.07, 6.45) is 6.57. The highest BCUT2D eigenvalue weighted by atomic mass is 35.5. The fourth-order valence-corrected chi connectivity index (χ4v) is 4.03. The van der Waals surface area contributed by atoms with Crippen LogP contribution >= 0.6 is 22.9 Å². The molecule has 1 aromatic heterocycles. The minimum atomic E-state index is -0.520. The third-order valence-electron chi connectivity index (χ3n) is 4.32. The second-order valence-electron chi connectivity index (χ2n) is 5.97. The first-order valence-corrected chi connectivity index (χ1v) is 9.02. The zero-order valence-corrected chi connectivity index (χ0v) is 14.2. The summed E-state index contributed by atoms with van der Waals surface area (Å²) >= 11 is 7.35. The average Bonchev–Trinajstić information content (AvgIpc) is 3.06. The van der Waals surface area contributed by atoms with Crippen molar-refractivity contribution in [1.82, 2.24) is 4.98 Å². The third kappa shape index (κ3) is 4.30. The van der Waals surface area contributed by atoms with Crippen molar-refractivity contribution >= 4 is 34.5 Å². The largest absolute Gasteiger partial charge is 0.326 e. The van der Waals surface area contributed by atoms with Gasteiger partial charge in [-0.2, -0.15) is 0 Å². The molecule has 1 saturated carbocycles. The van der Waals surface area contributed by atoms with E-state index < -0.39 is 5.82 Å². The first kappa shape index (κ1) is 16.4. The molecule has 0 atom stereocenters. The highest BCUT2D eigenvalue weighted by molar-refractivity contribution is 7.09. The second kappa shape index (κ2) is 7.41. The van der Waals surface area contributed by atoms with Crippen molar-refractivity contribution in [3.8, 4) is 0 Å². The quantitative estimate of drug-likeness (QED) is 0.817. The van der Waals surface area contributed by atoms with Crippen molar-refractivity contribution in [2.75, 3.05) is 5.32 Å². The van der Waals surface area contributed by atoms with Gasteiger partial charge >= 0.3 is 0 Å². The van der Waals surface area contributed by atoms with Gasteiger partial charge < -0.3 is 5.32 Å². The van der Waals surface area contributed by atoms with Crippen molar-refractivity contribution in [3.63, 3.8) is 0 Å². The van der Waals surface area contributed by atoms with Gasteiger partial charge in [0.05, 0.1) is 10.0 Å². The number of anilines is 1. The predicted octanol–water partition coefficient (Wildman–Crippen LogP) is 5.24. The van der Waals surface area contributed by atoms with Gasteiger partial charge in [0.1, 0.15) is 5.82 Å². The number of amides is 1. The molecule has 1 amide bonds. The van der Waals surface area contributed by atoms with E-state index in [0.29, 0.717) is 23.9 Å². The van der Waals surface area contributed by atoms with Gasteiger partial charge in [-0.25, -0.2) is 9.37 Å². The maximum absolute atomic E-state index is 13.4. The van der Waals surface area contributed by atoms with E-state index in [4.69, 9.17) is 11.6 Å². The first-order chi connectivity index (χ1) is 11.1. The fraction of sp³-hybridized carbons (Fsp3) is 0.412. The molecule has 0 radical (unpaired) electrons. The van der Waals surface area contributed by atoms with Crippen LogP contribution < -0.4 is 5.32 Å². The van der Waals surface area contributed by atoms with Crippen molar-refractivity contribution in [3.05, 3.63) is 45.6 Å². The minimum Gasteiger partial charge on any atom is -0.326 e. The lowest BCUT2D eigenvalue weighted by Gasteiger charge is -2.26. The van der Waals surface area contributed by atoms with Crippen LogP contribution in [0.25, 0.3) is 0 Å². The molecule has 3 rings (SSSR count). The van der Waals surface area contributed by atoms with E-state index in [1.807, 2.05) is 11.6 Å². The molecule has 1 N–H and O–H groups in total. The molecule has 23 heavy (non-hydrogen) atoms. The predicted molar refractivity (Wildman–Crippen MR) is 91.5 cm³/mol. The van der Waals surface area contributed by atoms with Gasteiger partial charge in [0.25, 0.3) is 0 Å². The lowest BCUT2D eigenvalue weighted by molar-refractivity contribution is -0.117. The van der Waals surface area contributed by atoms with E-state index in [9.17, 15) is 9.18 Å². The molecule has 3 nitrogen and oxygen atoms in total. The number of hydrogen-bond donors (Lipinski definition) is 1. The van der Waals surface area contributed by atoms with Gasteiger partial charge in [-0.3, -0.25) is 4.79 Å². The van der Waals surface area contributed by atoms with E-state index >= 15 is 0 Å². The normalized spacial score (nSPS) is 21.1. The van der Waals surface area contributed by atoms with Gasteiger partial charge in [-0.1, -0.05) is 11.6 Å². The molecule has 2 aromatic rings. The van der Waals surface area contributed by atoms with Crippen molar-refractivity contribution < 1.29 is 9.18 Å². The number of aromatic nitrogens is 1. The Morgan fingerprint density at radius 2 is 2.13 bits per heavy atom. The van der Waals surface area contributed by atoms with Crippen molar-refractivity contribution in [1.29, 1.82) is 0 Å². The van der Waals surface area contributed by atoms with Crippen molar-refractivity contribution in [2.24, 2.45) is 5.92 Å². The molecular weight excluding hydrogens is 335 g/mol. The van der Waals surface area contributed by atoms with E-state index in [0.717, 1.165) is 25.7 Å². The summed E-state index contributed by atoms with van der Waals surface area (Å²) < 4.78 is 13.4. The molecule has 0 unspecified atom stereocenters. The lowest BCUT2D eigenvalue weighted by atomic mass is 9.80. The van der Waals surface area contributed by atoms with Crippen LogP contribution in [-0.2, 0) is 4.79 Å². The first-order valence-electron chi connectivity index (χ1n) is 7.76. The van der Waals surface area contributed by atoms with Gasteiger partial charge in [0, 0.05) is 29.6 Å². The highest BCUT2D eigenvalue weighted by Crippen LogP contribution is 2.37. The molecule has 0 spiro atoms. The summed E-state index contributed by atoms with van der Waals surface area (Å²) in [5.74, 6) is 0.348. The monoisotopic (exact) mass is 352 g/mol. The summed E-state index contributed by atoms with van der Waals surface area (Å²) in [6, 6.07) is 4.31. The Bertz CT molecular complexity index is 669. The van der Waals surface area contributed by atoms with Gasteiger partial charge in [-0.15, -0.1) is 11.3 Å². The standard InChI is InChI=1S/C17H18ClFN2OS/c18-14-6-5-13(10-15(14)19)21-16(22)9-11-1-3-12(4-2-11)17-20-7-8-23-17/h5-8,10-12H,1-4,9H2,(H,21,22). The van der Waals surface area contributed by atoms with Crippen LogP contribution in [0.4, 0.5) is 10.1 Å². The zero-order chi connectivity index (χ0) is 16.2. The number of carbonyl (C=O) groups is 1. The summed E-state index contributed by atoms with van der Waals surface area (Å²) in [7, 11) is 0. The van der Waals surface area contributed by atoms with Crippen LogP contribution in [0.2, 0.25) is 5.02 Å². The fourth-order valence-electron chi connectivity index (χ4n) is 3.10. The van der Waals surface area contributed by atoms with Crippen molar-refractivity contribution in [2.45, 2.75) is 38.0 Å². The molecule has 1 aliphatic carbocycles. The van der Waals surface area contributed by atoms with E-state index in [-0.39, 0.29) is 10.9 Å². The highest BCUT2D eigenvalue weighted by Gasteiger charge is 2.25. The molecule has 122 valence electrons. The van der Waals surface area contributed by atoms with E-state index in [1.54, 1.807) is 17.4 Å². The van der Waals surface area contributed by atoms with Crippen LogP contribution in [0.5, 0.6) is 0 Å². The number of nitrogens with one attached hydrogen (secondary N) is 1. The lowest BCUT2D eigenvalue weighted by Crippen LogP contribution is -2.20. The number of thiazole rings is 1. The van der Waals surface area contributed by atoms with Crippen LogP contribution in [-0.4, -0.2) is 10.9 Å². The van der Waals surface area contributed by atoms with E-state index in [2.05, 4.69) is 10.3 Å². The SMILES string of the molecule is O=C(CC1CCC(c2nccs2)CC1)Nc1ccc(Cl)c(F)c1. The molecule has 1 aromatic carbocycles. The Balaban J connectivity index is 1.48. The van der Waals surface area contributed by atoms with Crippen LogP contribution in [0.3, 0.4) is 0 Å². The Labute approximate surface area is 143 Å². The molecule has 0 bridgehead atoms. The number of benzene rings is 1. The molecular formula is C17H18ClFN2OS. The van der Waals surface area contributed by atoms with Gasteiger partial charge in [0.2, 0.25) is 5.91 Å². The molecule has 6 heteroatoms. The number of halogens is 2. The van der Waals surface area contributed by atoms with Crippen LogP contribution in [0, 0.1) is 11.7 Å². The topological polar surface area (TPSA) is 42.0 Å². The minimum absolute atomic E-state index is 0.0588. The average molecular weight is 353 g/mol. The van der Waals surface area contributed by atoms with E-state index in [1.165, 1.54) is 17.1 Å². The summed E-state index contributed by atoms with van der Waals surface area (Å²) in [4.78, 5) is 16.5.